The van der Waals surface area contributed by atoms with Crippen LogP contribution in [0.15, 0.2) is 66.0 Å². The third-order valence-electron chi connectivity index (χ3n) is 3.40. The Bertz CT molecular complexity index is 743. The molecule has 0 aliphatic heterocycles. The first-order valence-electron chi connectivity index (χ1n) is 7.49. The molecule has 2 aromatic carbocycles. The summed E-state index contributed by atoms with van der Waals surface area (Å²) in [4.78, 5) is 1.32. The van der Waals surface area contributed by atoms with Crippen molar-refractivity contribution in [1.82, 2.24) is 5.32 Å². The Hall–Kier alpha value is -2.17. The zero-order chi connectivity index (χ0) is 15.9. The summed E-state index contributed by atoms with van der Waals surface area (Å²) in [5.74, 6) is 0.558. The van der Waals surface area contributed by atoms with Gasteiger partial charge in [0.1, 0.15) is 18.2 Å². The number of halogens is 1. The number of rotatable bonds is 7. The van der Waals surface area contributed by atoms with E-state index in [-0.39, 0.29) is 5.82 Å². The first-order valence-corrected chi connectivity index (χ1v) is 8.37. The van der Waals surface area contributed by atoms with Crippen molar-refractivity contribution in [3.8, 4) is 5.75 Å². The van der Waals surface area contributed by atoms with Gasteiger partial charge in [-0.25, -0.2) is 4.39 Å². The fraction of sp³-hybridized carbons (Fsp3) is 0.158. The van der Waals surface area contributed by atoms with Crippen LogP contribution in [-0.2, 0) is 19.7 Å². The summed E-state index contributed by atoms with van der Waals surface area (Å²) in [5.41, 5.74) is 1.99. The molecule has 3 aromatic rings. The predicted octanol–water partition coefficient (Wildman–Crippen LogP) is 4.76. The molecular weight excluding hydrogens is 309 g/mol. The van der Waals surface area contributed by atoms with Gasteiger partial charge in [-0.15, -0.1) is 11.3 Å². The minimum absolute atomic E-state index is 0.238. The van der Waals surface area contributed by atoms with Crippen molar-refractivity contribution in [2.45, 2.75) is 19.7 Å². The van der Waals surface area contributed by atoms with Crippen LogP contribution in [0.3, 0.4) is 0 Å². The highest BCUT2D eigenvalue weighted by Gasteiger charge is 2.00. The van der Waals surface area contributed by atoms with Gasteiger partial charge in [0.05, 0.1) is 0 Å². The Morgan fingerprint density at radius 2 is 1.78 bits per heavy atom. The molecular formula is C19H18FNOS. The van der Waals surface area contributed by atoms with Crippen molar-refractivity contribution in [3.63, 3.8) is 0 Å². The molecule has 0 unspecified atom stereocenters. The lowest BCUT2D eigenvalue weighted by Crippen LogP contribution is -2.11. The molecule has 1 N–H and O–H groups in total. The number of hydrogen-bond donors (Lipinski definition) is 1. The Labute approximate surface area is 139 Å². The average molecular weight is 327 g/mol. The molecule has 0 saturated heterocycles. The van der Waals surface area contributed by atoms with Gasteiger partial charge >= 0.3 is 0 Å². The van der Waals surface area contributed by atoms with Crippen molar-refractivity contribution >= 4 is 11.3 Å². The molecule has 3 rings (SSSR count). The van der Waals surface area contributed by atoms with Gasteiger partial charge in [-0.1, -0.05) is 30.3 Å². The molecule has 4 heteroatoms. The van der Waals surface area contributed by atoms with Gasteiger partial charge in [0, 0.05) is 18.0 Å². The van der Waals surface area contributed by atoms with Crippen LogP contribution in [0.2, 0.25) is 0 Å². The van der Waals surface area contributed by atoms with E-state index in [2.05, 4.69) is 28.9 Å². The standard InChI is InChI=1S/C19H18FNOS/c20-17-6-1-5-16(10-17)14-22-18-7-2-4-15(11-18)12-21-13-19-8-3-9-23-19/h1-11,21H,12-14H2. The second-order valence-corrected chi connectivity index (χ2v) is 6.28. The third-order valence-corrected chi connectivity index (χ3v) is 4.28. The molecule has 0 amide bonds. The van der Waals surface area contributed by atoms with Gasteiger partial charge in [0.25, 0.3) is 0 Å². The van der Waals surface area contributed by atoms with Crippen molar-refractivity contribution in [1.29, 1.82) is 0 Å². The summed E-state index contributed by atoms with van der Waals surface area (Å²) in [6.07, 6.45) is 0. The monoisotopic (exact) mass is 327 g/mol. The Morgan fingerprint density at radius 3 is 2.61 bits per heavy atom. The van der Waals surface area contributed by atoms with Crippen molar-refractivity contribution in [3.05, 3.63) is 87.9 Å². The SMILES string of the molecule is Fc1cccc(COc2cccc(CNCc3cccs3)c2)c1. The van der Waals surface area contributed by atoms with Gasteiger partial charge < -0.3 is 10.1 Å². The zero-order valence-electron chi connectivity index (χ0n) is 12.7. The fourth-order valence-corrected chi connectivity index (χ4v) is 2.96. The minimum Gasteiger partial charge on any atom is -0.489 e. The molecule has 1 aromatic heterocycles. The normalized spacial score (nSPS) is 10.7. The van der Waals surface area contributed by atoms with E-state index in [1.165, 1.54) is 22.6 Å². The van der Waals surface area contributed by atoms with Crippen molar-refractivity contribution in [2.24, 2.45) is 0 Å². The van der Waals surface area contributed by atoms with E-state index in [0.717, 1.165) is 24.4 Å². The molecule has 0 aliphatic carbocycles. The van der Waals surface area contributed by atoms with E-state index >= 15 is 0 Å². The highest BCUT2D eigenvalue weighted by molar-refractivity contribution is 7.09. The van der Waals surface area contributed by atoms with Gasteiger partial charge in [0.2, 0.25) is 0 Å². The molecule has 23 heavy (non-hydrogen) atoms. The van der Waals surface area contributed by atoms with Crippen molar-refractivity contribution < 1.29 is 9.13 Å². The largest absolute Gasteiger partial charge is 0.489 e. The molecule has 118 valence electrons. The summed E-state index contributed by atoms with van der Waals surface area (Å²) < 4.78 is 18.9. The highest BCUT2D eigenvalue weighted by atomic mass is 32.1. The predicted molar refractivity (Wildman–Crippen MR) is 92.0 cm³/mol. The van der Waals surface area contributed by atoms with Crippen LogP contribution in [0.5, 0.6) is 5.75 Å². The molecule has 1 heterocycles. The Balaban J connectivity index is 1.52. The van der Waals surface area contributed by atoms with Gasteiger partial charge in [-0.3, -0.25) is 0 Å². The lowest BCUT2D eigenvalue weighted by Gasteiger charge is -2.09. The third kappa shape index (κ3) is 4.91. The minimum atomic E-state index is -0.238. The molecule has 0 saturated carbocycles. The smallest absolute Gasteiger partial charge is 0.123 e. The molecule has 0 radical (unpaired) electrons. The van der Waals surface area contributed by atoms with Crippen LogP contribution in [0, 0.1) is 5.82 Å². The topological polar surface area (TPSA) is 21.3 Å². The second kappa shape index (κ2) is 7.90. The first kappa shape index (κ1) is 15.7. The molecule has 0 fully saturated rings. The maximum atomic E-state index is 13.1. The maximum Gasteiger partial charge on any atom is 0.123 e. The lowest BCUT2D eigenvalue weighted by molar-refractivity contribution is 0.305. The number of benzene rings is 2. The van der Waals surface area contributed by atoms with Crippen LogP contribution in [0.1, 0.15) is 16.0 Å². The Morgan fingerprint density at radius 1 is 0.913 bits per heavy atom. The molecule has 0 aliphatic rings. The zero-order valence-corrected chi connectivity index (χ0v) is 13.5. The summed E-state index contributed by atoms with van der Waals surface area (Å²) in [6.45, 7) is 2.02. The van der Waals surface area contributed by atoms with E-state index in [0.29, 0.717) is 6.61 Å². The van der Waals surface area contributed by atoms with Gasteiger partial charge in [-0.05, 0) is 46.8 Å². The average Bonchev–Trinajstić information content (AvgIpc) is 3.07. The summed E-state index contributed by atoms with van der Waals surface area (Å²) in [5, 5.41) is 5.50. The fourth-order valence-electron chi connectivity index (χ4n) is 2.28. The van der Waals surface area contributed by atoms with Crippen LogP contribution < -0.4 is 10.1 Å². The molecule has 2 nitrogen and oxygen atoms in total. The highest BCUT2D eigenvalue weighted by Crippen LogP contribution is 2.16. The summed E-state index contributed by atoms with van der Waals surface area (Å²) in [6, 6.07) is 18.6. The molecule has 0 bridgehead atoms. The quantitative estimate of drug-likeness (QED) is 0.676. The number of nitrogens with one attached hydrogen (secondary N) is 1. The number of thiophene rings is 1. The number of hydrogen-bond acceptors (Lipinski definition) is 3. The van der Waals surface area contributed by atoms with E-state index < -0.39 is 0 Å². The van der Waals surface area contributed by atoms with Gasteiger partial charge in [0.15, 0.2) is 0 Å². The van der Waals surface area contributed by atoms with E-state index in [1.54, 1.807) is 17.4 Å². The first-order chi connectivity index (χ1) is 11.3. The van der Waals surface area contributed by atoms with Crippen LogP contribution in [0.4, 0.5) is 4.39 Å². The lowest BCUT2D eigenvalue weighted by atomic mass is 10.2. The Kier molecular flexibility index (Phi) is 5.40. The van der Waals surface area contributed by atoms with Gasteiger partial charge in [-0.2, -0.15) is 0 Å². The molecule has 0 spiro atoms. The van der Waals surface area contributed by atoms with E-state index in [1.807, 2.05) is 24.3 Å². The summed E-state index contributed by atoms with van der Waals surface area (Å²) in [7, 11) is 0. The molecule has 0 atom stereocenters. The van der Waals surface area contributed by atoms with Crippen LogP contribution in [0.25, 0.3) is 0 Å². The second-order valence-electron chi connectivity index (χ2n) is 5.25. The summed E-state index contributed by atoms with van der Waals surface area (Å²) >= 11 is 1.75. The maximum absolute atomic E-state index is 13.1. The number of ether oxygens (including phenoxy) is 1. The van der Waals surface area contributed by atoms with Crippen molar-refractivity contribution in [2.75, 3.05) is 0 Å². The van der Waals surface area contributed by atoms with E-state index in [9.17, 15) is 4.39 Å². The van der Waals surface area contributed by atoms with E-state index in [4.69, 9.17) is 4.74 Å². The van der Waals surface area contributed by atoms with Crippen LogP contribution in [-0.4, -0.2) is 0 Å². The van der Waals surface area contributed by atoms with Crippen LogP contribution >= 0.6 is 11.3 Å².